The molecule has 0 aliphatic heterocycles. The highest BCUT2D eigenvalue weighted by molar-refractivity contribution is 6.08. The van der Waals surface area contributed by atoms with Crippen molar-refractivity contribution in [2.24, 2.45) is 7.05 Å². The molecule has 3 rings (SSSR count). The van der Waals surface area contributed by atoms with Crippen LogP contribution in [-0.4, -0.2) is 23.6 Å². The number of benzene rings is 2. The Balaban J connectivity index is 2.31. The van der Waals surface area contributed by atoms with E-state index in [1.807, 2.05) is 0 Å². The van der Waals surface area contributed by atoms with Crippen molar-refractivity contribution >= 4 is 21.8 Å². The first-order chi connectivity index (χ1) is 9.06. The van der Waals surface area contributed by atoms with Gasteiger partial charge in [-0.1, -0.05) is 17.7 Å². The van der Waals surface area contributed by atoms with Crippen molar-refractivity contribution < 1.29 is 0 Å². The average Bonchev–Trinajstić information content (AvgIpc) is 2.62. The Bertz CT molecular complexity index is 751. The summed E-state index contributed by atoms with van der Waals surface area (Å²) in [6, 6.07) is 13.5. The molecular formula is C17H20N2. The van der Waals surface area contributed by atoms with E-state index in [1.54, 1.807) is 0 Å². The predicted octanol–water partition coefficient (Wildman–Crippen LogP) is 3.70. The molecule has 0 bridgehead atoms. The number of rotatable bonds is 2. The summed E-state index contributed by atoms with van der Waals surface area (Å²) in [6.45, 7) is 3.14. The van der Waals surface area contributed by atoms with Gasteiger partial charge in [-0.15, -0.1) is 0 Å². The van der Waals surface area contributed by atoms with Crippen LogP contribution in [0.15, 0.2) is 36.4 Å². The quantitative estimate of drug-likeness (QED) is 0.675. The van der Waals surface area contributed by atoms with Gasteiger partial charge < -0.3 is 9.47 Å². The van der Waals surface area contributed by atoms with Gasteiger partial charge in [0.15, 0.2) is 0 Å². The molecule has 2 aromatic carbocycles. The van der Waals surface area contributed by atoms with Gasteiger partial charge >= 0.3 is 0 Å². The number of hydrogen-bond acceptors (Lipinski definition) is 1. The summed E-state index contributed by atoms with van der Waals surface area (Å²) in [4.78, 5) is 2.21. The number of fused-ring (bicyclic) bond motifs is 3. The van der Waals surface area contributed by atoms with Gasteiger partial charge in [0.25, 0.3) is 0 Å². The minimum atomic E-state index is 0.984. The van der Waals surface area contributed by atoms with Gasteiger partial charge in [0.05, 0.1) is 0 Å². The van der Waals surface area contributed by atoms with Crippen LogP contribution in [-0.2, 0) is 13.6 Å². The van der Waals surface area contributed by atoms with Crippen LogP contribution in [0.5, 0.6) is 0 Å². The van der Waals surface area contributed by atoms with Crippen molar-refractivity contribution in [1.82, 2.24) is 9.47 Å². The Morgan fingerprint density at radius 3 is 2.26 bits per heavy atom. The van der Waals surface area contributed by atoms with Gasteiger partial charge in [-0.05, 0) is 50.8 Å². The van der Waals surface area contributed by atoms with E-state index < -0.39 is 0 Å². The van der Waals surface area contributed by atoms with Crippen LogP contribution in [0.25, 0.3) is 21.8 Å². The molecule has 0 unspecified atom stereocenters. The van der Waals surface area contributed by atoms with Crippen LogP contribution in [0.4, 0.5) is 0 Å². The molecule has 1 aromatic heterocycles. The molecule has 19 heavy (non-hydrogen) atoms. The lowest BCUT2D eigenvalue weighted by Gasteiger charge is -2.09. The highest BCUT2D eigenvalue weighted by atomic mass is 15.0. The Labute approximate surface area is 114 Å². The highest BCUT2D eigenvalue weighted by Crippen LogP contribution is 2.29. The van der Waals surface area contributed by atoms with Crippen molar-refractivity contribution in [3.63, 3.8) is 0 Å². The van der Waals surface area contributed by atoms with Gasteiger partial charge in [0.1, 0.15) is 0 Å². The molecule has 0 aliphatic rings. The zero-order valence-corrected chi connectivity index (χ0v) is 12.1. The molecule has 0 saturated carbocycles. The fraction of sp³-hybridized carbons (Fsp3) is 0.294. The molecule has 0 spiro atoms. The third-order valence-electron chi connectivity index (χ3n) is 3.72. The summed E-state index contributed by atoms with van der Waals surface area (Å²) >= 11 is 0. The second-order valence-electron chi connectivity index (χ2n) is 5.67. The molecule has 0 amide bonds. The number of nitrogens with zero attached hydrogens (tertiary/aromatic N) is 2. The molecule has 98 valence electrons. The normalized spacial score (nSPS) is 11.8. The second-order valence-corrected chi connectivity index (χ2v) is 5.67. The summed E-state index contributed by atoms with van der Waals surface area (Å²) in [5.41, 5.74) is 5.30. The minimum Gasteiger partial charge on any atom is -0.344 e. The van der Waals surface area contributed by atoms with Gasteiger partial charge in [-0.25, -0.2) is 0 Å². The van der Waals surface area contributed by atoms with Crippen molar-refractivity contribution in [1.29, 1.82) is 0 Å². The lowest BCUT2D eigenvalue weighted by Crippen LogP contribution is -2.10. The zero-order chi connectivity index (χ0) is 13.6. The number of hydrogen-bond donors (Lipinski definition) is 0. The molecule has 1 heterocycles. The maximum Gasteiger partial charge on any atom is 0.0488 e. The first-order valence-corrected chi connectivity index (χ1v) is 6.68. The molecular weight excluding hydrogens is 232 g/mol. The second kappa shape index (κ2) is 4.39. The summed E-state index contributed by atoms with van der Waals surface area (Å²) in [7, 11) is 6.36. The van der Waals surface area contributed by atoms with Gasteiger partial charge in [0, 0.05) is 35.4 Å². The van der Waals surface area contributed by atoms with E-state index in [0.717, 1.165) is 6.54 Å². The Morgan fingerprint density at radius 1 is 0.947 bits per heavy atom. The summed E-state index contributed by atoms with van der Waals surface area (Å²) < 4.78 is 2.28. The maximum atomic E-state index is 2.33. The number of aryl methyl sites for hydroxylation is 2. The molecule has 0 aliphatic carbocycles. The van der Waals surface area contributed by atoms with Crippen LogP contribution >= 0.6 is 0 Å². The van der Waals surface area contributed by atoms with E-state index in [0.29, 0.717) is 0 Å². The molecule has 0 fully saturated rings. The third kappa shape index (κ3) is 2.02. The summed E-state index contributed by atoms with van der Waals surface area (Å²) in [5, 5.41) is 2.72. The minimum absolute atomic E-state index is 0.984. The van der Waals surface area contributed by atoms with Crippen molar-refractivity contribution in [2.75, 3.05) is 14.1 Å². The molecule has 2 heteroatoms. The molecule has 0 radical (unpaired) electrons. The fourth-order valence-electron chi connectivity index (χ4n) is 2.84. The van der Waals surface area contributed by atoms with Crippen LogP contribution < -0.4 is 0 Å². The van der Waals surface area contributed by atoms with E-state index in [2.05, 4.69) is 73.9 Å². The fourth-order valence-corrected chi connectivity index (χ4v) is 2.84. The Kier molecular flexibility index (Phi) is 2.83. The van der Waals surface area contributed by atoms with Crippen LogP contribution in [0.3, 0.4) is 0 Å². The third-order valence-corrected chi connectivity index (χ3v) is 3.72. The zero-order valence-electron chi connectivity index (χ0n) is 12.1. The monoisotopic (exact) mass is 252 g/mol. The largest absolute Gasteiger partial charge is 0.344 e. The van der Waals surface area contributed by atoms with Crippen molar-refractivity contribution in [3.8, 4) is 0 Å². The maximum absolute atomic E-state index is 2.33. The molecule has 0 atom stereocenters. The van der Waals surface area contributed by atoms with E-state index in [-0.39, 0.29) is 0 Å². The first kappa shape index (κ1) is 12.2. The summed E-state index contributed by atoms with van der Waals surface area (Å²) in [6.07, 6.45) is 0. The average molecular weight is 252 g/mol. The topological polar surface area (TPSA) is 8.17 Å². The number of aromatic nitrogens is 1. The summed E-state index contributed by atoms with van der Waals surface area (Å²) in [5.74, 6) is 0. The van der Waals surface area contributed by atoms with Crippen LogP contribution in [0.2, 0.25) is 0 Å². The smallest absolute Gasteiger partial charge is 0.0488 e. The van der Waals surface area contributed by atoms with Crippen LogP contribution in [0.1, 0.15) is 11.1 Å². The van der Waals surface area contributed by atoms with Gasteiger partial charge in [-0.3, -0.25) is 0 Å². The van der Waals surface area contributed by atoms with Gasteiger partial charge in [-0.2, -0.15) is 0 Å². The van der Waals surface area contributed by atoms with E-state index >= 15 is 0 Å². The van der Waals surface area contributed by atoms with E-state index in [9.17, 15) is 0 Å². The van der Waals surface area contributed by atoms with E-state index in [1.165, 1.54) is 32.9 Å². The Morgan fingerprint density at radius 2 is 1.58 bits per heavy atom. The van der Waals surface area contributed by atoms with Crippen molar-refractivity contribution in [3.05, 3.63) is 47.5 Å². The highest BCUT2D eigenvalue weighted by Gasteiger charge is 2.09. The van der Waals surface area contributed by atoms with Crippen molar-refractivity contribution in [2.45, 2.75) is 13.5 Å². The molecule has 0 N–H and O–H groups in total. The lowest BCUT2D eigenvalue weighted by molar-refractivity contribution is 0.403. The molecule has 3 aromatic rings. The SMILES string of the molecule is Cc1ccc2c(c1)c1cc(CN(C)C)ccc1n2C. The lowest BCUT2D eigenvalue weighted by atomic mass is 10.1. The predicted molar refractivity (Wildman–Crippen MR) is 82.6 cm³/mol. The Hall–Kier alpha value is -1.80. The van der Waals surface area contributed by atoms with E-state index in [4.69, 9.17) is 0 Å². The van der Waals surface area contributed by atoms with Crippen LogP contribution in [0, 0.1) is 6.92 Å². The molecule has 0 saturated heterocycles. The van der Waals surface area contributed by atoms with Gasteiger partial charge in [0.2, 0.25) is 0 Å². The standard InChI is InChI=1S/C17H20N2/c1-12-5-7-16-14(9-12)15-10-13(11-18(2)3)6-8-17(15)19(16)4/h5-10H,11H2,1-4H3. The first-order valence-electron chi connectivity index (χ1n) is 6.68. The molecule has 2 nitrogen and oxygen atoms in total.